The molecule has 0 radical (unpaired) electrons. The second-order valence-corrected chi connectivity index (χ2v) is 3.65. The van der Waals surface area contributed by atoms with E-state index in [0.29, 0.717) is 12.2 Å². The molecule has 6 heteroatoms. The second kappa shape index (κ2) is 3.90. The van der Waals surface area contributed by atoms with E-state index in [4.69, 9.17) is 16.2 Å². The molecule has 1 aliphatic rings. The molecule has 0 saturated carbocycles. The number of anilines is 1. The summed E-state index contributed by atoms with van der Waals surface area (Å²) in [6.07, 6.45) is 3.88. The molecule has 0 aromatic carbocycles. The molecular formula is C9H14N4O2. The molecule has 0 bridgehead atoms. The maximum atomic E-state index is 10.9. The lowest BCUT2D eigenvalue weighted by atomic mass is 10.2. The summed E-state index contributed by atoms with van der Waals surface area (Å²) in [4.78, 5) is 10.9. The third-order valence-electron chi connectivity index (χ3n) is 2.44. The predicted octanol–water partition coefficient (Wildman–Crippen LogP) is -0.257. The number of aromatic nitrogens is 2. The summed E-state index contributed by atoms with van der Waals surface area (Å²) < 4.78 is 7.07. The van der Waals surface area contributed by atoms with Crippen molar-refractivity contribution in [1.82, 2.24) is 9.78 Å². The molecule has 4 N–H and O–H groups in total. The molecule has 82 valence electrons. The van der Waals surface area contributed by atoms with Gasteiger partial charge >= 0.3 is 0 Å². The molecule has 1 atom stereocenters. The standard InChI is InChI=1S/C9H14N4O2/c10-7-5-13(12-8(7)9(11)14)4-6-2-1-3-15-6/h5-6H,1-4,10H2,(H2,11,14)/t6-/m1/s1. The lowest BCUT2D eigenvalue weighted by Gasteiger charge is -2.08. The lowest BCUT2D eigenvalue weighted by Crippen LogP contribution is -2.17. The minimum Gasteiger partial charge on any atom is -0.396 e. The van der Waals surface area contributed by atoms with Crippen molar-refractivity contribution in [2.24, 2.45) is 5.73 Å². The van der Waals surface area contributed by atoms with E-state index in [2.05, 4.69) is 5.10 Å². The van der Waals surface area contributed by atoms with Crippen LogP contribution in [-0.2, 0) is 11.3 Å². The Hall–Kier alpha value is -1.56. The fraction of sp³-hybridized carbons (Fsp3) is 0.556. The first-order valence-electron chi connectivity index (χ1n) is 4.91. The molecule has 1 fully saturated rings. The Morgan fingerprint density at radius 2 is 2.53 bits per heavy atom. The normalized spacial score (nSPS) is 20.7. The van der Waals surface area contributed by atoms with Crippen molar-refractivity contribution < 1.29 is 9.53 Å². The number of nitrogens with two attached hydrogens (primary N) is 2. The lowest BCUT2D eigenvalue weighted by molar-refractivity contribution is 0.0927. The molecule has 1 amide bonds. The first-order valence-corrected chi connectivity index (χ1v) is 4.91. The summed E-state index contributed by atoms with van der Waals surface area (Å²) in [6, 6.07) is 0. The molecule has 1 aromatic heterocycles. The molecule has 1 aliphatic heterocycles. The van der Waals surface area contributed by atoms with Crippen molar-refractivity contribution in [2.45, 2.75) is 25.5 Å². The van der Waals surface area contributed by atoms with Crippen LogP contribution in [0.1, 0.15) is 23.3 Å². The van der Waals surface area contributed by atoms with Crippen LogP contribution < -0.4 is 11.5 Å². The molecule has 1 aromatic rings. The summed E-state index contributed by atoms with van der Waals surface area (Å²) in [7, 11) is 0. The van der Waals surface area contributed by atoms with Gasteiger partial charge in [-0.3, -0.25) is 9.48 Å². The van der Waals surface area contributed by atoms with Gasteiger partial charge in [-0.05, 0) is 12.8 Å². The zero-order valence-corrected chi connectivity index (χ0v) is 8.35. The van der Waals surface area contributed by atoms with Crippen molar-refractivity contribution >= 4 is 11.6 Å². The van der Waals surface area contributed by atoms with Crippen molar-refractivity contribution in [3.63, 3.8) is 0 Å². The van der Waals surface area contributed by atoms with Gasteiger partial charge in [0.1, 0.15) is 0 Å². The first-order chi connectivity index (χ1) is 7.16. The maximum Gasteiger partial charge on any atom is 0.271 e. The van der Waals surface area contributed by atoms with Crippen LogP contribution in [-0.4, -0.2) is 28.4 Å². The van der Waals surface area contributed by atoms with Crippen molar-refractivity contribution in [3.8, 4) is 0 Å². The van der Waals surface area contributed by atoms with Gasteiger partial charge in [0.25, 0.3) is 5.91 Å². The Morgan fingerprint density at radius 3 is 3.07 bits per heavy atom. The van der Waals surface area contributed by atoms with Gasteiger partial charge in [0.2, 0.25) is 0 Å². The number of hydrogen-bond acceptors (Lipinski definition) is 4. The highest BCUT2D eigenvalue weighted by Gasteiger charge is 2.18. The summed E-state index contributed by atoms with van der Waals surface area (Å²) >= 11 is 0. The number of nitrogens with zero attached hydrogens (tertiary/aromatic N) is 2. The van der Waals surface area contributed by atoms with Crippen LogP contribution in [0.2, 0.25) is 0 Å². The molecule has 2 heterocycles. The zero-order chi connectivity index (χ0) is 10.8. The summed E-state index contributed by atoms with van der Waals surface area (Å²) in [5.41, 5.74) is 11.2. The molecule has 6 nitrogen and oxygen atoms in total. The van der Waals surface area contributed by atoms with Gasteiger partial charge in [-0.1, -0.05) is 0 Å². The van der Waals surface area contributed by atoms with E-state index < -0.39 is 5.91 Å². The van der Waals surface area contributed by atoms with E-state index >= 15 is 0 Å². The molecule has 0 unspecified atom stereocenters. The van der Waals surface area contributed by atoms with E-state index in [-0.39, 0.29) is 11.8 Å². The topological polar surface area (TPSA) is 96.2 Å². The van der Waals surface area contributed by atoms with Crippen LogP contribution in [0.5, 0.6) is 0 Å². The fourth-order valence-corrected chi connectivity index (χ4v) is 1.72. The Balaban J connectivity index is 2.08. The van der Waals surface area contributed by atoms with E-state index in [1.807, 2.05) is 0 Å². The van der Waals surface area contributed by atoms with Gasteiger partial charge < -0.3 is 16.2 Å². The number of amides is 1. The van der Waals surface area contributed by atoms with Gasteiger partial charge in [0.15, 0.2) is 5.69 Å². The SMILES string of the molecule is NC(=O)c1nn(C[C@H]2CCCO2)cc1N. The number of nitrogen functional groups attached to an aromatic ring is 1. The monoisotopic (exact) mass is 210 g/mol. The number of ether oxygens (including phenoxy) is 1. The van der Waals surface area contributed by atoms with Gasteiger partial charge in [-0.25, -0.2) is 0 Å². The van der Waals surface area contributed by atoms with Gasteiger partial charge in [-0.2, -0.15) is 5.10 Å². The largest absolute Gasteiger partial charge is 0.396 e. The number of carbonyl (C=O) groups is 1. The predicted molar refractivity (Wildman–Crippen MR) is 54.1 cm³/mol. The Kier molecular flexibility index (Phi) is 2.59. The van der Waals surface area contributed by atoms with Gasteiger partial charge in [-0.15, -0.1) is 0 Å². The molecule has 0 spiro atoms. The quantitative estimate of drug-likeness (QED) is 0.718. The van der Waals surface area contributed by atoms with Gasteiger partial charge in [0, 0.05) is 12.8 Å². The molecular weight excluding hydrogens is 196 g/mol. The van der Waals surface area contributed by atoms with Crippen molar-refractivity contribution in [2.75, 3.05) is 12.3 Å². The van der Waals surface area contributed by atoms with Crippen LogP contribution in [0.15, 0.2) is 6.20 Å². The van der Waals surface area contributed by atoms with Crippen LogP contribution in [0, 0.1) is 0 Å². The minimum atomic E-state index is -0.599. The third kappa shape index (κ3) is 2.10. The summed E-state index contributed by atoms with van der Waals surface area (Å²) in [5, 5.41) is 4.01. The van der Waals surface area contributed by atoms with Crippen LogP contribution >= 0.6 is 0 Å². The third-order valence-corrected chi connectivity index (χ3v) is 2.44. The van der Waals surface area contributed by atoms with E-state index in [9.17, 15) is 4.79 Å². The van der Waals surface area contributed by atoms with E-state index in [1.165, 1.54) is 0 Å². The Labute approximate surface area is 87.2 Å². The first kappa shape index (κ1) is 9.97. The molecule has 15 heavy (non-hydrogen) atoms. The summed E-state index contributed by atoms with van der Waals surface area (Å²) in [6.45, 7) is 1.42. The van der Waals surface area contributed by atoms with Crippen LogP contribution in [0.25, 0.3) is 0 Å². The molecule has 2 rings (SSSR count). The molecule has 1 saturated heterocycles. The average molecular weight is 210 g/mol. The number of rotatable bonds is 3. The number of hydrogen-bond donors (Lipinski definition) is 2. The van der Waals surface area contributed by atoms with Crippen LogP contribution in [0.3, 0.4) is 0 Å². The smallest absolute Gasteiger partial charge is 0.271 e. The van der Waals surface area contributed by atoms with E-state index in [1.54, 1.807) is 10.9 Å². The fourth-order valence-electron chi connectivity index (χ4n) is 1.72. The minimum absolute atomic E-state index is 0.132. The van der Waals surface area contributed by atoms with Crippen molar-refractivity contribution in [1.29, 1.82) is 0 Å². The van der Waals surface area contributed by atoms with Gasteiger partial charge in [0.05, 0.1) is 18.3 Å². The Morgan fingerprint density at radius 1 is 1.73 bits per heavy atom. The van der Waals surface area contributed by atoms with Crippen molar-refractivity contribution in [3.05, 3.63) is 11.9 Å². The highest BCUT2D eigenvalue weighted by molar-refractivity contribution is 5.95. The Bertz CT molecular complexity index is 368. The van der Waals surface area contributed by atoms with E-state index in [0.717, 1.165) is 19.4 Å². The highest BCUT2D eigenvalue weighted by atomic mass is 16.5. The zero-order valence-electron chi connectivity index (χ0n) is 8.35. The number of carbonyl (C=O) groups excluding carboxylic acids is 1. The average Bonchev–Trinajstić information content (AvgIpc) is 2.75. The highest BCUT2D eigenvalue weighted by Crippen LogP contribution is 2.15. The maximum absolute atomic E-state index is 10.9. The van der Waals surface area contributed by atoms with Crippen LogP contribution in [0.4, 0.5) is 5.69 Å². The second-order valence-electron chi connectivity index (χ2n) is 3.65. The molecule has 0 aliphatic carbocycles. The number of primary amides is 1. The summed E-state index contributed by atoms with van der Waals surface area (Å²) in [5.74, 6) is -0.599.